The van der Waals surface area contributed by atoms with E-state index in [1.54, 1.807) is 6.92 Å². The molecule has 0 aromatic carbocycles. The van der Waals surface area contributed by atoms with Crippen LogP contribution in [0.1, 0.15) is 65.7 Å². The third-order valence-electron chi connectivity index (χ3n) is 4.84. The van der Waals surface area contributed by atoms with Gasteiger partial charge in [0.25, 0.3) is 5.91 Å². The summed E-state index contributed by atoms with van der Waals surface area (Å²) in [5, 5.41) is 0. The zero-order valence-corrected chi connectivity index (χ0v) is 14.9. The standard InChI is InChI=1S/C18H28N2O3/c1-6-20-14(5)15(13(4)16(20)18(22)23-7-2)17(21)19-10-8-12(3)9-11-19/h12H,6-11H2,1-5H3. The molecule has 1 fully saturated rings. The monoisotopic (exact) mass is 320 g/mol. The van der Waals surface area contributed by atoms with E-state index in [1.807, 2.05) is 30.2 Å². The van der Waals surface area contributed by atoms with E-state index in [0.29, 0.717) is 30.3 Å². The first-order valence-electron chi connectivity index (χ1n) is 8.58. The summed E-state index contributed by atoms with van der Waals surface area (Å²) < 4.78 is 7.07. The van der Waals surface area contributed by atoms with E-state index < -0.39 is 0 Å². The fourth-order valence-corrected chi connectivity index (χ4v) is 3.44. The molecule has 2 rings (SSSR count). The average Bonchev–Trinajstić information content (AvgIpc) is 2.78. The number of ether oxygens (including phenoxy) is 1. The second-order valence-corrected chi connectivity index (χ2v) is 6.37. The molecule has 0 N–H and O–H groups in total. The Labute approximate surface area is 138 Å². The molecule has 1 aliphatic heterocycles. The van der Waals surface area contributed by atoms with Crippen molar-refractivity contribution in [2.75, 3.05) is 19.7 Å². The highest BCUT2D eigenvalue weighted by molar-refractivity contribution is 6.01. The normalized spacial score (nSPS) is 15.8. The second-order valence-electron chi connectivity index (χ2n) is 6.37. The van der Waals surface area contributed by atoms with Crippen molar-refractivity contribution >= 4 is 11.9 Å². The van der Waals surface area contributed by atoms with Gasteiger partial charge in [0.1, 0.15) is 5.69 Å². The van der Waals surface area contributed by atoms with Gasteiger partial charge in [-0.1, -0.05) is 6.92 Å². The number of hydrogen-bond donors (Lipinski definition) is 0. The van der Waals surface area contributed by atoms with Gasteiger partial charge < -0.3 is 14.2 Å². The lowest BCUT2D eigenvalue weighted by Gasteiger charge is -2.30. The highest BCUT2D eigenvalue weighted by Crippen LogP contribution is 2.26. The van der Waals surface area contributed by atoms with E-state index in [-0.39, 0.29) is 11.9 Å². The van der Waals surface area contributed by atoms with Gasteiger partial charge in [0.15, 0.2) is 0 Å². The summed E-state index contributed by atoms with van der Waals surface area (Å²) in [7, 11) is 0. The third-order valence-corrected chi connectivity index (χ3v) is 4.84. The lowest BCUT2D eigenvalue weighted by molar-refractivity contribution is 0.0512. The van der Waals surface area contributed by atoms with Gasteiger partial charge in [-0.3, -0.25) is 4.79 Å². The topological polar surface area (TPSA) is 51.5 Å². The van der Waals surface area contributed by atoms with Crippen LogP contribution in [0, 0.1) is 19.8 Å². The Kier molecular flexibility index (Phi) is 5.50. The number of esters is 1. The van der Waals surface area contributed by atoms with Crippen LogP contribution in [0.25, 0.3) is 0 Å². The van der Waals surface area contributed by atoms with Crippen LogP contribution in [-0.2, 0) is 11.3 Å². The SMILES string of the molecule is CCOC(=O)c1c(C)c(C(=O)N2CCC(C)CC2)c(C)n1CC. The van der Waals surface area contributed by atoms with E-state index in [4.69, 9.17) is 4.74 Å². The minimum atomic E-state index is -0.346. The fourth-order valence-electron chi connectivity index (χ4n) is 3.44. The maximum absolute atomic E-state index is 13.0. The molecule has 0 aliphatic carbocycles. The average molecular weight is 320 g/mol. The van der Waals surface area contributed by atoms with Crippen molar-refractivity contribution in [3.63, 3.8) is 0 Å². The van der Waals surface area contributed by atoms with Gasteiger partial charge in [0, 0.05) is 25.3 Å². The van der Waals surface area contributed by atoms with Crippen molar-refractivity contribution in [3.05, 3.63) is 22.5 Å². The number of nitrogens with zero attached hydrogens (tertiary/aromatic N) is 2. The Balaban J connectivity index is 2.39. The molecular weight excluding hydrogens is 292 g/mol. The number of amides is 1. The molecule has 5 heteroatoms. The number of aromatic nitrogens is 1. The number of carbonyl (C=O) groups is 2. The van der Waals surface area contributed by atoms with Gasteiger partial charge in [-0.15, -0.1) is 0 Å². The third kappa shape index (κ3) is 3.28. The van der Waals surface area contributed by atoms with Crippen LogP contribution in [0.3, 0.4) is 0 Å². The van der Waals surface area contributed by atoms with E-state index in [1.165, 1.54) is 0 Å². The van der Waals surface area contributed by atoms with Gasteiger partial charge in [-0.05, 0) is 52.0 Å². The Bertz CT molecular complexity index is 596. The van der Waals surface area contributed by atoms with E-state index in [0.717, 1.165) is 37.2 Å². The highest BCUT2D eigenvalue weighted by Gasteiger charge is 2.30. The van der Waals surface area contributed by atoms with Crippen LogP contribution >= 0.6 is 0 Å². The quantitative estimate of drug-likeness (QED) is 0.801. The van der Waals surface area contributed by atoms with Crippen LogP contribution in [0.15, 0.2) is 0 Å². The van der Waals surface area contributed by atoms with Crippen LogP contribution in [0.4, 0.5) is 0 Å². The predicted octanol–water partition coefficient (Wildman–Crippen LogP) is 3.17. The molecule has 0 atom stereocenters. The number of rotatable bonds is 4. The molecule has 0 bridgehead atoms. The Hall–Kier alpha value is -1.78. The van der Waals surface area contributed by atoms with Crippen molar-refractivity contribution in [3.8, 4) is 0 Å². The first-order valence-corrected chi connectivity index (χ1v) is 8.58. The van der Waals surface area contributed by atoms with Crippen molar-refractivity contribution in [2.24, 2.45) is 5.92 Å². The van der Waals surface area contributed by atoms with E-state index in [9.17, 15) is 9.59 Å². The van der Waals surface area contributed by atoms with Crippen molar-refractivity contribution in [1.82, 2.24) is 9.47 Å². The first-order chi connectivity index (χ1) is 10.9. The highest BCUT2D eigenvalue weighted by atomic mass is 16.5. The van der Waals surface area contributed by atoms with Gasteiger partial charge in [-0.2, -0.15) is 0 Å². The summed E-state index contributed by atoms with van der Waals surface area (Å²) in [5.41, 5.74) is 2.79. The second kappa shape index (κ2) is 7.20. The maximum Gasteiger partial charge on any atom is 0.355 e. The summed E-state index contributed by atoms with van der Waals surface area (Å²) in [4.78, 5) is 27.2. The van der Waals surface area contributed by atoms with Crippen molar-refractivity contribution < 1.29 is 14.3 Å². The van der Waals surface area contributed by atoms with Gasteiger partial charge in [-0.25, -0.2) is 4.79 Å². The summed E-state index contributed by atoms with van der Waals surface area (Å²) in [5.74, 6) is 0.377. The molecule has 0 saturated carbocycles. The molecule has 1 aliphatic rings. The summed E-state index contributed by atoms with van der Waals surface area (Å²) in [6.45, 7) is 12.3. The minimum Gasteiger partial charge on any atom is -0.461 e. The lowest BCUT2D eigenvalue weighted by atomic mass is 9.98. The van der Waals surface area contributed by atoms with Crippen LogP contribution in [0.5, 0.6) is 0 Å². The predicted molar refractivity (Wildman–Crippen MR) is 89.8 cm³/mol. The molecule has 2 heterocycles. The van der Waals surface area contributed by atoms with Gasteiger partial charge >= 0.3 is 5.97 Å². The number of hydrogen-bond acceptors (Lipinski definition) is 3. The van der Waals surface area contributed by atoms with Crippen molar-refractivity contribution in [2.45, 2.75) is 54.0 Å². The Morgan fingerprint density at radius 3 is 2.30 bits per heavy atom. The number of carbonyl (C=O) groups excluding carboxylic acids is 2. The molecule has 0 spiro atoms. The zero-order chi connectivity index (χ0) is 17.1. The maximum atomic E-state index is 13.0. The Morgan fingerprint density at radius 2 is 1.78 bits per heavy atom. The summed E-state index contributed by atoms with van der Waals surface area (Å²) in [6, 6.07) is 0. The van der Waals surface area contributed by atoms with Crippen LogP contribution < -0.4 is 0 Å². The molecule has 1 saturated heterocycles. The molecule has 0 unspecified atom stereocenters. The summed E-state index contributed by atoms with van der Waals surface area (Å²) >= 11 is 0. The molecule has 1 amide bonds. The fraction of sp³-hybridized carbons (Fsp3) is 0.667. The molecule has 5 nitrogen and oxygen atoms in total. The summed E-state index contributed by atoms with van der Waals surface area (Å²) in [6.07, 6.45) is 2.09. The molecule has 1 aromatic rings. The van der Waals surface area contributed by atoms with Gasteiger partial charge in [0.05, 0.1) is 12.2 Å². The number of piperidine rings is 1. The Morgan fingerprint density at radius 1 is 1.17 bits per heavy atom. The molecule has 0 radical (unpaired) electrons. The van der Waals surface area contributed by atoms with Crippen LogP contribution in [0.2, 0.25) is 0 Å². The molecule has 1 aromatic heterocycles. The minimum absolute atomic E-state index is 0.0460. The smallest absolute Gasteiger partial charge is 0.355 e. The molecule has 128 valence electrons. The molecular formula is C18H28N2O3. The van der Waals surface area contributed by atoms with E-state index in [2.05, 4.69) is 6.92 Å². The first kappa shape index (κ1) is 17.6. The zero-order valence-electron chi connectivity index (χ0n) is 14.9. The largest absolute Gasteiger partial charge is 0.461 e. The van der Waals surface area contributed by atoms with Crippen molar-refractivity contribution in [1.29, 1.82) is 0 Å². The van der Waals surface area contributed by atoms with Crippen LogP contribution in [-0.4, -0.2) is 41.0 Å². The molecule has 23 heavy (non-hydrogen) atoms. The lowest BCUT2D eigenvalue weighted by Crippen LogP contribution is -2.38. The van der Waals surface area contributed by atoms with Gasteiger partial charge in [0.2, 0.25) is 0 Å². The number of likely N-dealkylation sites (tertiary alicyclic amines) is 1. The van der Waals surface area contributed by atoms with E-state index >= 15 is 0 Å².